The summed E-state index contributed by atoms with van der Waals surface area (Å²) in [6, 6.07) is 10.6. The minimum absolute atomic E-state index is 0.00149. The number of halogens is 2. The fourth-order valence-corrected chi connectivity index (χ4v) is 2.25. The lowest BCUT2D eigenvalue weighted by molar-refractivity contribution is 0.0984. The molecule has 20 heavy (non-hydrogen) atoms. The van der Waals surface area contributed by atoms with Crippen LogP contribution in [0.25, 0.3) is 0 Å². The predicted molar refractivity (Wildman–Crippen MR) is 79.6 cm³/mol. The standard InChI is InChI=1S/C15H13BrFNO2/c1-2-18(11-4-3-5-12(19)9-11)15(20)13-7-6-10(16)8-14(13)17/h3-9,19H,2H2,1H3. The summed E-state index contributed by atoms with van der Waals surface area (Å²) in [5, 5.41) is 9.48. The third kappa shape index (κ3) is 2.99. The summed E-state index contributed by atoms with van der Waals surface area (Å²) in [5.41, 5.74) is 0.526. The van der Waals surface area contributed by atoms with Gasteiger partial charge in [-0.2, -0.15) is 0 Å². The molecule has 0 aliphatic heterocycles. The Morgan fingerprint density at radius 1 is 1.30 bits per heavy atom. The second-order valence-corrected chi connectivity index (χ2v) is 5.11. The fraction of sp³-hybridized carbons (Fsp3) is 0.133. The molecule has 104 valence electrons. The first-order valence-electron chi connectivity index (χ1n) is 6.09. The molecule has 0 heterocycles. The van der Waals surface area contributed by atoms with E-state index in [1.807, 2.05) is 0 Å². The molecule has 2 aromatic carbocycles. The molecule has 0 atom stereocenters. The first-order chi connectivity index (χ1) is 9.52. The molecular weight excluding hydrogens is 325 g/mol. The zero-order valence-corrected chi connectivity index (χ0v) is 12.4. The molecule has 1 amide bonds. The Balaban J connectivity index is 2.39. The zero-order valence-electron chi connectivity index (χ0n) is 10.8. The Hall–Kier alpha value is -1.88. The molecule has 0 fully saturated rings. The second kappa shape index (κ2) is 6.05. The summed E-state index contributed by atoms with van der Waals surface area (Å²) in [5.74, 6) is -0.962. The minimum Gasteiger partial charge on any atom is -0.508 e. The number of hydrogen-bond donors (Lipinski definition) is 1. The van der Waals surface area contributed by atoms with Gasteiger partial charge in [-0.15, -0.1) is 0 Å². The van der Waals surface area contributed by atoms with Gasteiger partial charge in [0.25, 0.3) is 5.91 Å². The number of hydrogen-bond acceptors (Lipinski definition) is 2. The highest BCUT2D eigenvalue weighted by molar-refractivity contribution is 9.10. The maximum atomic E-state index is 13.9. The van der Waals surface area contributed by atoms with Gasteiger partial charge in [0, 0.05) is 22.8 Å². The quantitative estimate of drug-likeness (QED) is 0.920. The predicted octanol–water partition coefficient (Wildman–Crippen LogP) is 3.96. The van der Waals surface area contributed by atoms with E-state index in [0.717, 1.165) is 0 Å². The maximum absolute atomic E-state index is 13.9. The third-order valence-corrected chi connectivity index (χ3v) is 3.36. The molecule has 0 unspecified atom stereocenters. The molecule has 2 rings (SSSR count). The third-order valence-electron chi connectivity index (χ3n) is 2.86. The summed E-state index contributed by atoms with van der Waals surface area (Å²) >= 11 is 3.16. The van der Waals surface area contributed by atoms with Gasteiger partial charge >= 0.3 is 0 Å². The normalized spacial score (nSPS) is 10.3. The van der Waals surface area contributed by atoms with E-state index in [9.17, 15) is 14.3 Å². The van der Waals surface area contributed by atoms with Crippen molar-refractivity contribution in [1.82, 2.24) is 0 Å². The van der Waals surface area contributed by atoms with Crippen molar-refractivity contribution >= 4 is 27.5 Å². The number of nitrogens with zero attached hydrogens (tertiary/aromatic N) is 1. The minimum atomic E-state index is -0.581. The first-order valence-corrected chi connectivity index (χ1v) is 6.88. The van der Waals surface area contributed by atoms with Crippen molar-refractivity contribution in [2.45, 2.75) is 6.92 Å². The van der Waals surface area contributed by atoms with Crippen LogP contribution >= 0.6 is 15.9 Å². The lowest BCUT2D eigenvalue weighted by Gasteiger charge is -2.21. The van der Waals surface area contributed by atoms with Gasteiger partial charge in [-0.25, -0.2) is 4.39 Å². The Labute approximate surface area is 124 Å². The molecule has 3 nitrogen and oxygen atoms in total. The number of amides is 1. The highest BCUT2D eigenvalue weighted by atomic mass is 79.9. The molecule has 5 heteroatoms. The molecule has 0 saturated heterocycles. The van der Waals surface area contributed by atoms with E-state index in [1.54, 1.807) is 25.1 Å². The van der Waals surface area contributed by atoms with Crippen molar-refractivity contribution in [3.8, 4) is 5.75 Å². The smallest absolute Gasteiger partial charge is 0.261 e. The van der Waals surface area contributed by atoms with Crippen LogP contribution in [0.1, 0.15) is 17.3 Å². The molecule has 1 N–H and O–H groups in total. The van der Waals surface area contributed by atoms with Crippen LogP contribution in [0.2, 0.25) is 0 Å². The van der Waals surface area contributed by atoms with E-state index in [1.165, 1.54) is 29.2 Å². The monoisotopic (exact) mass is 337 g/mol. The number of aromatic hydroxyl groups is 1. The van der Waals surface area contributed by atoms with E-state index in [0.29, 0.717) is 16.7 Å². The van der Waals surface area contributed by atoms with E-state index in [-0.39, 0.29) is 11.3 Å². The molecule has 0 aliphatic rings. The Kier molecular flexibility index (Phi) is 4.39. The number of carbonyl (C=O) groups excluding carboxylic acids is 1. The van der Waals surface area contributed by atoms with Crippen molar-refractivity contribution in [2.75, 3.05) is 11.4 Å². The number of carbonyl (C=O) groups is 1. The number of anilines is 1. The molecule has 0 aromatic heterocycles. The van der Waals surface area contributed by atoms with Gasteiger partial charge in [-0.3, -0.25) is 4.79 Å². The topological polar surface area (TPSA) is 40.5 Å². The summed E-state index contributed by atoms with van der Waals surface area (Å²) in [6.07, 6.45) is 0. The van der Waals surface area contributed by atoms with Crippen molar-refractivity contribution in [2.24, 2.45) is 0 Å². The molecule has 0 saturated carbocycles. The van der Waals surface area contributed by atoms with Crippen LogP contribution < -0.4 is 4.90 Å². The molecule has 0 spiro atoms. The Morgan fingerprint density at radius 2 is 2.05 bits per heavy atom. The number of phenols is 1. The van der Waals surface area contributed by atoms with Crippen LogP contribution in [-0.4, -0.2) is 17.6 Å². The highest BCUT2D eigenvalue weighted by Crippen LogP contribution is 2.23. The Morgan fingerprint density at radius 3 is 2.65 bits per heavy atom. The summed E-state index contributed by atoms with van der Waals surface area (Å²) in [7, 11) is 0. The van der Waals surface area contributed by atoms with Gasteiger partial charge in [0.1, 0.15) is 11.6 Å². The molecular formula is C15H13BrFNO2. The van der Waals surface area contributed by atoms with E-state index in [2.05, 4.69) is 15.9 Å². The zero-order chi connectivity index (χ0) is 14.7. The van der Waals surface area contributed by atoms with E-state index >= 15 is 0 Å². The highest BCUT2D eigenvalue weighted by Gasteiger charge is 2.19. The van der Waals surface area contributed by atoms with Gasteiger partial charge in [0.2, 0.25) is 0 Å². The van der Waals surface area contributed by atoms with Crippen LogP contribution in [0, 0.1) is 5.82 Å². The van der Waals surface area contributed by atoms with Gasteiger partial charge in [0.15, 0.2) is 0 Å². The van der Waals surface area contributed by atoms with Gasteiger partial charge in [-0.05, 0) is 37.3 Å². The molecule has 0 aliphatic carbocycles. The molecule has 0 radical (unpaired) electrons. The van der Waals surface area contributed by atoms with Crippen molar-refractivity contribution in [1.29, 1.82) is 0 Å². The summed E-state index contributed by atoms with van der Waals surface area (Å²) in [4.78, 5) is 13.8. The van der Waals surface area contributed by atoms with E-state index in [4.69, 9.17) is 0 Å². The number of phenolic OH excluding ortho intramolecular Hbond substituents is 1. The molecule has 0 bridgehead atoms. The van der Waals surface area contributed by atoms with Crippen LogP contribution in [0.5, 0.6) is 5.75 Å². The van der Waals surface area contributed by atoms with Crippen molar-refractivity contribution in [3.05, 3.63) is 58.3 Å². The second-order valence-electron chi connectivity index (χ2n) is 4.19. The van der Waals surface area contributed by atoms with Crippen LogP contribution in [0.3, 0.4) is 0 Å². The van der Waals surface area contributed by atoms with Crippen molar-refractivity contribution in [3.63, 3.8) is 0 Å². The molecule has 2 aromatic rings. The average Bonchev–Trinajstić information content (AvgIpc) is 2.39. The van der Waals surface area contributed by atoms with Gasteiger partial charge in [-0.1, -0.05) is 22.0 Å². The average molecular weight is 338 g/mol. The summed E-state index contributed by atoms with van der Waals surface area (Å²) in [6.45, 7) is 2.16. The fourth-order valence-electron chi connectivity index (χ4n) is 1.91. The lowest BCUT2D eigenvalue weighted by atomic mass is 10.1. The van der Waals surface area contributed by atoms with Crippen LogP contribution in [0.15, 0.2) is 46.9 Å². The largest absolute Gasteiger partial charge is 0.508 e. The number of rotatable bonds is 3. The maximum Gasteiger partial charge on any atom is 0.261 e. The van der Waals surface area contributed by atoms with E-state index < -0.39 is 11.7 Å². The SMILES string of the molecule is CCN(C(=O)c1ccc(Br)cc1F)c1cccc(O)c1. The van der Waals surface area contributed by atoms with Crippen molar-refractivity contribution < 1.29 is 14.3 Å². The van der Waals surface area contributed by atoms with Crippen LogP contribution in [-0.2, 0) is 0 Å². The summed E-state index contributed by atoms with van der Waals surface area (Å²) < 4.78 is 14.4. The first kappa shape index (κ1) is 14.5. The van der Waals surface area contributed by atoms with Crippen LogP contribution in [0.4, 0.5) is 10.1 Å². The Bertz CT molecular complexity index is 646. The van der Waals surface area contributed by atoms with Gasteiger partial charge < -0.3 is 10.0 Å². The van der Waals surface area contributed by atoms with Gasteiger partial charge in [0.05, 0.1) is 5.56 Å². The lowest BCUT2D eigenvalue weighted by Crippen LogP contribution is -2.31. The number of benzene rings is 2.